The molecule has 0 aliphatic heterocycles. The Morgan fingerprint density at radius 3 is 2.83 bits per heavy atom. The molecule has 30 heavy (non-hydrogen) atoms. The third-order valence-electron chi connectivity index (χ3n) is 4.33. The third-order valence-corrected chi connectivity index (χ3v) is 5.43. The molecule has 4 aromatic rings. The zero-order valence-corrected chi connectivity index (χ0v) is 16.4. The lowest BCUT2D eigenvalue weighted by atomic mass is 10.1. The smallest absolute Gasteiger partial charge is 0.291 e. The Morgan fingerprint density at radius 1 is 1.37 bits per heavy atom. The molecule has 11 heteroatoms. The van der Waals surface area contributed by atoms with E-state index in [1.807, 2.05) is 0 Å². The van der Waals surface area contributed by atoms with Gasteiger partial charge in [-0.05, 0) is 36.8 Å². The molecule has 0 aliphatic rings. The minimum absolute atomic E-state index is 0.0155. The van der Waals surface area contributed by atoms with Crippen molar-refractivity contribution in [2.45, 2.75) is 19.9 Å². The number of thiophene rings is 1. The number of aryl methyl sites for hydroxylation is 1. The number of aromatic nitrogens is 3. The first-order chi connectivity index (χ1) is 14.3. The molecule has 4 aromatic heterocycles. The van der Waals surface area contributed by atoms with Gasteiger partial charge in [0.1, 0.15) is 21.2 Å². The van der Waals surface area contributed by atoms with Crippen LogP contribution in [-0.2, 0) is 6.54 Å². The largest absolute Gasteiger partial charge is 0.454 e. The molecule has 0 aromatic carbocycles. The van der Waals surface area contributed by atoms with Crippen LogP contribution in [0.15, 0.2) is 41.1 Å². The number of fused-ring (bicyclic) bond motifs is 1. The molecule has 2 amide bonds. The van der Waals surface area contributed by atoms with Gasteiger partial charge in [-0.2, -0.15) is 5.10 Å². The van der Waals surface area contributed by atoms with Gasteiger partial charge >= 0.3 is 0 Å². The number of halogens is 2. The molecule has 0 saturated heterocycles. The van der Waals surface area contributed by atoms with Gasteiger partial charge in [0.25, 0.3) is 18.2 Å². The number of carbonyl (C=O) groups excluding carboxylic acids is 2. The molecular formula is C19H15F2N5O3S. The molecule has 154 valence electrons. The van der Waals surface area contributed by atoms with Crippen LogP contribution in [0, 0.1) is 6.92 Å². The van der Waals surface area contributed by atoms with Crippen LogP contribution in [-0.4, -0.2) is 26.6 Å². The van der Waals surface area contributed by atoms with Crippen molar-refractivity contribution in [2.75, 3.05) is 5.32 Å². The van der Waals surface area contributed by atoms with Crippen LogP contribution >= 0.6 is 11.3 Å². The number of primary amides is 1. The van der Waals surface area contributed by atoms with Crippen LogP contribution in [0.3, 0.4) is 0 Å². The second-order valence-electron chi connectivity index (χ2n) is 6.44. The summed E-state index contributed by atoms with van der Waals surface area (Å²) < 4.78 is 33.3. The summed E-state index contributed by atoms with van der Waals surface area (Å²) in [5.41, 5.74) is 5.59. The Hall–Kier alpha value is -3.60. The average molecular weight is 431 g/mol. The van der Waals surface area contributed by atoms with Crippen LogP contribution in [0.25, 0.3) is 10.2 Å². The Morgan fingerprint density at radius 2 is 2.17 bits per heavy atom. The average Bonchev–Trinajstić information content (AvgIpc) is 3.42. The number of nitrogens with one attached hydrogen (secondary N) is 1. The maximum atomic E-state index is 13.1. The molecule has 4 rings (SSSR count). The van der Waals surface area contributed by atoms with Crippen LogP contribution in [0.1, 0.15) is 43.7 Å². The summed E-state index contributed by atoms with van der Waals surface area (Å²) in [5.74, 6) is -0.887. The van der Waals surface area contributed by atoms with E-state index in [0.717, 1.165) is 11.3 Å². The van der Waals surface area contributed by atoms with Crippen molar-refractivity contribution in [3.63, 3.8) is 0 Å². The highest BCUT2D eigenvalue weighted by Crippen LogP contribution is 2.38. The lowest BCUT2D eigenvalue weighted by Crippen LogP contribution is -2.16. The fraction of sp³-hybridized carbons (Fsp3) is 0.158. The summed E-state index contributed by atoms with van der Waals surface area (Å²) in [4.78, 5) is 28.7. The predicted octanol–water partition coefficient (Wildman–Crippen LogP) is 3.73. The third kappa shape index (κ3) is 3.66. The van der Waals surface area contributed by atoms with Gasteiger partial charge in [-0.15, -0.1) is 11.3 Å². The maximum absolute atomic E-state index is 13.1. The number of carbonyl (C=O) groups is 2. The molecule has 0 spiro atoms. The first-order valence-electron chi connectivity index (χ1n) is 8.73. The summed E-state index contributed by atoms with van der Waals surface area (Å²) in [5, 5.41) is 7.07. The molecule has 4 heterocycles. The van der Waals surface area contributed by atoms with Crippen LogP contribution in [0.5, 0.6) is 0 Å². The zero-order valence-electron chi connectivity index (χ0n) is 15.6. The van der Waals surface area contributed by atoms with E-state index < -0.39 is 23.9 Å². The van der Waals surface area contributed by atoms with Crippen molar-refractivity contribution in [1.82, 2.24) is 14.8 Å². The number of anilines is 1. The lowest BCUT2D eigenvalue weighted by molar-refractivity contribution is 0.0994. The normalized spacial score (nSPS) is 11.3. The summed E-state index contributed by atoms with van der Waals surface area (Å²) in [6, 6.07) is 6.11. The van der Waals surface area contributed by atoms with E-state index in [1.54, 1.807) is 36.1 Å². The second kappa shape index (κ2) is 7.67. The molecule has 0 bridgehead atoms. The maximum Gasteiger partial charge on any atom is 0.291 e. The fourth-order valence-electron chi connectivity index (χ4n) is 3.03. The molecule has 0 fully saturated rings. The first kappa shape index (κ1) is 19.7. The van der Waals surface area contributed by atoms with Gasteiger partial charge in [0.2, 0.25) is 0 Å². The topological polar surface area (TPSA) is 116 Å². The second-order valence-corrected chi connectivity index (χ2v) is 7.44. The van der Waals surface area contributed by atoms with Crippen molar-refractivity contribution < 1.29 is 22.8 Å². The minimum Gasteiger partial charge on any atom is -0.454 e. The van der Waals surface area contributed by atoms with Crippen LogP contribution in [0.2, 0.25) is 0 Å². The van der Waals surface area contributed by atoms with Crippen molar-refractivity contribution >= 4 is 39.1 Å². The van der Waals surface area contributed by atoms with Gasteiger partial charge in [0.15, 0.2) is 5.76 Å². The highest BCUT2D eigenvalue weighted by molar-refractivity contribution is 7.21. The number of alkyl halides is 2. The summed E-state index contributed by atoms with van der Waals surface area (Å²) in [7, 11) is 0. The summed E-state index contributed by atoms with van der Waals surface area (Å²) in [6.07, 6.45) is 0.614. The molecule has 0 unspecified atom stereocenters. The number of rotatable bonds is 6. The first-order valence-corrected chi connectivity index (χ1v) is 9.54. The van der Waals surface area contributed by atoms with E-state index in [1.165, 1.54) is 12.1 Å². The molecule has 8 nitrogen and oxygen atoms in total. The van der Waals surface area contributed by atoms with Crippen molar-refractivity contribution in [3.8, 4) is 0 Å². The number of pyridine rings is 1. The van der Waals surface area contributed by atoms with E-state index in [4.69, 9.17) is 10.2 Å². The summed E-state index contributed by atoms with van der Waals surface area (Å²) >= 11 is 0.847. The van der Waals surface area contributed by atoms with Crippen molar-refractivity contribution in [3.05, 3.63) is 64.3 Å². The molecule has 3 N–H and O–H groups in total. The number of hydrogen-bond acceptors (Lipinski definition) is 6. The molecule has 0 atom stereocenters. The molecule has 0 aliphatic carbocycles. The Balaban J connectivity index is 1.67. The monoisotopic (exact) mass is 431 g/mol. The number of furan rings is 1. The highest BCUT2D eigenvalue weighted by Gasteiger charge is 2.24. The van der Waals surface area contributed by atoms with Gasteiger partial charge < -0.3 is 15.5 Å². The van der Waals surface area contributed by atoms with Gasteiger partial charge in [0.05, 0.1) is 12.2 Å². The SMILES string of the molecule is Cc1cc(C(F)F)nc2sc(C(N)=O)c(NC(=O)c3ccc(Cn4cccn4)o3)c12. The molecular weight excluding hydrogens is 416 g/mol. The molecule has 0 saturated carbocycles. The van der Waals surface area contributed by atoms with Gasteiger partial charge in [0, 0.05) is 17.8 Å². The Labute approximate surface area is 172 Å². The van der Waals surface area contributed by atoms with Crippen LogP contribution < -0.4 is 11.1 Å². The Bertz CT molecular complexity index is 1250. The van der Waals surface area contributed by atoms with Crippen molar-refractivity contribution in [2.24, 2.45) is 5.73 Å². The quantitative estimate of drug-likeness (QED) is 0.483. The van der Waals surface area contributed by atoms with Crippen LogP contribution in [0.4, 0.5) is 14.5 Å². The number of amides is 2. The fourth-order valence-corrected chi connectivity index (χ4v) is 4.09. The van der Waals surface area contributed by atoms with E-state index in [9.17, 15) is 18.4 Å². The van der Waals surface area contributed by atoms with E-state index in [-0.39, 0.29) is 21.2 Å². The number of hydrogen-bond donors (Lipinski definition) is 2. The van der Waals surface area contributed by atoms with E-state index >= 15 is 0 Å². The summed E-state index contributed by atoms with van der Waals surface area (Å²) in [6.45, 7) is 1.94. The lowest BCUT2D eigenvalue weighted by Gasteiger charge is -2.07. The molecule has 0 radical (unpaired) electrons. The van der Waals surface area contributed by atoms with Gasteiger partial charge in [-0.3, -0.25) is 14.3 Å². The van der Waals surface area contributed by atoms with Gasteiger partial charge in [-0.25, -0.2) is 13.8 Å². The van der Waals surface area contributed by atoms with Gasteiger partial charge in [-0.1, -0.05) is 0 Å². The number of nitrogens with two attached hydrogens (primary N) is 1. The highest BCUT2D eigenvalue weighted by atomic mass is 32.1. The standard InChI is InChI=1S/C19H15F2N5O3S/c1-9-7-11(16(20)21)24-19-13(9)14(15(30-19)17(22)27)25-18(28)12-4-3-10(29-12)8-26-6-2-5-23-26/h2-7,16H,8H2,1H3,(H2,22,27)(H,25,28). The predicted molar refractivity (Wildman–Crippen MR) is 106 cm³/mol. The van der Waals surface area contributed by atoms with Crippen molar-refractivity contribution in [1.29, 1.82) is 0 Å². The van der Waals surface area contributed by atoms with E-state index in [0.29, 0.717) is 23.3 Å². The Kier molecular flexibility index (Phi) is 5.04. The zero-order chi connectivity index (χ0) is 21.4. The van der Waals surface area contributed by atoms with E-state index in [2.05, 4.69) is 15.4 Å². The minimum atomic E-state index is -2.76. The number of nitrogens with zero attached hydrogens (tertiary/aromatic N) is 3.